The average molecular weight is 209 g/mol. The van der Waals surface area contributed by atoms with Gasteiger partial charge in [0.25, 0.3) is 0 Å². The Morgan fingerprint density at radius 3 is 3.00 bits per heavy atom. The minimum absolute atomic E-state index is 0.855. The van der Waals surface area contributed by atoms with E-state index in [0.29, 0.717) is 0 Å². The molecule has 0 fully saturated rings. The van der Waals surface area contributed by atoms with E-state index in [1.54, 1.807) is 19.5 Å². The summed E-state index contributed by atoms with van der Waals surface area (Å²) in [6.07, 6.45) is 3.55. The van der Waals surface area contributed by atoms with Crippen molar-refractivity contribution >= 4 is 0 Å². The van der Waals surface area contributed by atoms with Crippen LogP contribution in [0.1, 0.15) is 5.56 Å². The second-order valence-corrected chi connectivity index (χ2v) is 3.53. The number of hydrogen-bond donors (Lipinski definition) is 1. The molecule has 1 heterocycles. The highest BCUT2D eigenvalue weighted by molar-refractivity contribution is 5.29. The monoisotopic (exact) mass is 209 g/mol. The molecule has 1 aromatic heterocycles. The van der Waals surface area contributed by atoms with E-state index in [1.807, 2.05) is 13.1 Å². The van der Waals surface area contributed by atoms with E-state index in [1.165, 1.54) is 5.56 Å². The van der Waals surface area contributed by atoms with Gasteiger partial charge >= 0.3 is 0 Å². The number of nitrogens with one attached hydrogen (secondary N) is 1. The van der Waals surface area contributed by atoms with E-state index in [-0.39, 0.29) is 0 Å². The molecule has 0 aliphatic carbocycles. The van der Waals surface area contributed by atoms with Gasteiger partial charge in [-0.25, -0.2) is 0 Å². The van der Waals surface area contributed by atoms with Gasteiger partial charge in [-0.15, -0.1) is 0 Å². The van der Waals surface area contributed by atoms with Gasteiger partial charge in [0.15, 0.2) is 0 Å². The molecule has 0 spiro atoms. The third kappa shape index (κ3) is 3.85. The first-order valence-electron chi connectivity index (χ1n) is 5.08. The van der Waals surface area contributed by atoms with Crippen LogP contribution in [-0.4, -0.2) is 44.2 Å². The topological polar surface area (TPSA) is 37.4 Å². The highest BCUT2D eigenvalue weighted by atomic mass is 16.5. The highest BCUT2D eigenvalue weighted by Crippen LogP contribution is 2.16. The van der Waals surface area contributed by atoms with Crippen LogP contribution in [0, 0.1) is 0 Å². The van der Waals surface area contributed by atoms with Crippen molar-refractivity contribution in [3.05, 3.63) is 24.0 Å². The van der Waals surface area contributed by atoms with Crippen molar-refractivity contribution in [3.8, 4) is 5.75 Å². The minimum Gasteiger partial charge on any atom is -0.495 e. The maximum absolute atomic E-state index is 5.25. The number of likely N-dealkylation sites (N-methyl/N-ethyl adjacent to an activating group) is 2. The number of nitrogens with zero attached hydrogens (tertiary/aromatic N) is 2. The molecule has 0 atom stereocenters. The number of ether oxygens (including phenoxy) is 1. The standard InChI is InChI=1S/C11H19N3O/c1-12-6-7-14(2)9-10-4-5-13-8-11(10)15-3/h4-5,8,12H,6-7,9H2,1-3H3. The Bertz CT molecular complexity index is 291. The Hall–Kier alpha value is -1.13. The van der Waals surface area contributed by atoms with E-state index in [4.69, 9.17) is 4.74 Å². The number of rotatable bonds is 6. The largest absolute Gasteiger partial charge is 0.495 e. The SMILES string of the molecule is CNCCN(C)Cc1ccncc1OC. The molecule has 0 aromatic carbocycles. The van der Waals surface area contributed by atoms with Crippen molar-refractivity contribution in [2.45, 2.75) is 6.54 Å². The van der Waals surface area contributed by atoms with Crippen LogP contribution in [0.3, 0.4) is 0 Å². The highest BCUT2D eigenvalue weighted by Gasteiger charge is 2.05. The Morgan fingerprint density at radius 1 is 1.53 bits per heavy atom. The molecule has 0 bridgehead atoms. The van der Waals surface area contributed by atoms with Gasteiger partial charge in [-0.1, -0.05) is 0 Å². The Morgan fingerprint density at radius 2 is 2.33 bits per heavy atom. The summed E-state index contributed by atoms with van der Waals surface area (Å²) in [6.45, 7) is 2.89. The zero-order chi connectivity index (χ0) is 11.1. The van der Waals surface area contributed by atoms with E-state index in [9.17, 15) is 0 Å². The van der Waals surface area contributed by atoms with Crippen LogP contribution in [0.5, 0.6) is 5.75 Å². The third-order valence-corrected chi connectivity index (χ3v) is 2.27. The van der Waals surface area contributed by atoms with E-state index < -0.39 is 0 Å². The molecule has 1 N–H and O–H groups in total. The Balaban J connectivity index is 2.55. The second kappa shape index (κ2) is 6.37. The van der Waals surface area contributed by atoms with Gasteiger partial charge in [0.1, 0.15) is 5.75 Å². The number of pyridine rings is 1. The van der Waals surface area contributed by atoms with Crippen LogP contribution < -0.4 is 10.1 Å². The Labute approximate surface area is 91.3 Å². The van der Waals surface area contributed by atoms with E-state index >= 15 is 0 Å². The van der Waals surface area contributed by atoms with Gasteiger partial charge in [0.05, 0.1) is 13.3 Å². The molecule has 4 nitrogen and oxygen atoms in total. The molecule has 0 radical (unpaired) electrons. The first-order chi connectivity index (χ1) is 7.27. The average Bonchev–Trinajstić information content (AvgIpc) is 2.27. The maximum Gasteiger partial charge on any atom is 0.141 e. The molecule has 0 amide bonds. The number of aromatic nitrogens is 1. The molecule has 0 unspecified atom stereocenters. The summed E-state index contributed by atoms with van der Waals surface area (Å²) in [4.78, 5) is 6.27. The van der Waals surface area contributed by atoms with Crippen LogP contribution in [0.4, 0.5) is 0 Å². The van der Waals surface area contributed by atoms with Crippen molar-refractivity contribution in [1.82, 2.24) is 15.2 Å². The lowest BCUT2D eigenvalue weighted by molar-refractivity contribution is 0.318. The minimum atomic E-state index is 0.855. The van der Waals surface area contributed by atoms with Crippen LogP contribution in [-0.2, 0) is 6.54 Å². The van der Waals surface area contributed by atoms with Crippen molar-refractivity contribution < 1.29 is 4.74 Å². The van der Waals surface area contributed by atoms with Crippen molar-refractivity contribution in [1.29, 1.82) is 0 Å². The summed E-state index contributed by atoms with van der Waals surface area (Å²) >= 11 is 0. The quantitative estimate of drug-likeness (QED) is 0.750. The van der Waals surface area contributed by atoms with Gasteiger partial charge in [-0.2, -0.15) is 0 Å². The molecule has 0 aliphatic heterocycles. The Kier molecular flexibility index (Phi) is 5.07. The van der Waals surface area contributed by atoms with E-state index in [0.717, 1.165) is 25.4 Å². The zero-order valence-corrected chi connectivity index (χ0v) is 9.66. The first-order valence-corrected chi connectivity index (χ1v) is 5.08. The lowest BCUT2D eigenvalue weighted by Gasteiger charge is -2.17. The lowest BCUT2D eigenvalue weighted by Crippen LogP contribution is -2.27. The molecule has 1 rings (SSSR count). The smallest absolute Gasteiger partial charge is 0.141 e. The number of hydrogen-bond acceptors (Lipinski definition) is 4. The van der Waals surface area contributed by atoms with Gasteiger partial charge in [0, 0.05) is 31.4 Å². The number of methoxy groups -OCH3 is 1. The third-order valence-electron chi connectivity index (χ3n) is 2.27. The summed E-state index contributed by atoms with van der Waals surface area (Å²) < 4.78 is 5.25. The summed E-state index contributed by atoms with van der Waals surface area (Å²) in [5, 5.41) is 3.13. The summed E-state index contributed by atoms with van der Waals surface area (Å²) in [5.41, 5.74) is 1.17. The van der Waals surface area contributed by atoms with Gasteiger partial charge in [-0.3, -0.25) is 4.98 Å². The van der Waals surface area contributed by atoms with Crippen LogP contribution in [0.15, 0.2) is 18.5 Å². The predicted molar refractivity (Wildman–Crippen MR) is 61.0 cm³/mol. The van der Waals surface area contributed by atoms with Crippen molar-refractivity contribution in [2.24, 2.45) is 0 Å². The molecule has 0 saturated carbocycles. The van der Waals surface area contributed by atoms with Gasteiger partial charge < -0.3 is 15.0 Å². The van der Waals surface area contributed by atoms with Crippen molar-refractivity contribution in [3.63, 3.8) is 0 Å². The molecular formula is C11H19N3O. The molecule has 15 heavy (non-hydrogen) atoms. The maximum atomic E-state index is 5.25. The second-order valence-electron chi connectivity index (χ2n) is 3.53. The summed E-state index contributed by atoms with van der Waals surface area (Å²) in [5.74, 6) is 0.855. The lowest BCUT2D eigenvalue weighted by atomic mass is 10.2. The van der Waals surface area contributed by atoms with Crippen LogP contribution in [0.2, 0.25) is 0 Å². The molecule has 0 saturated heterocycles. The van der Waals surface area contributed by atoms with Gasteiger partial charge in [-0.05, 0) is 20.2 Å². The summed E-state index contributed by atoms with van der Waals surface area (Å²) in [7, 11) is 5.73. The molecule has 0 aliphatic rings. The van der Waals surface area contributed by atoms with Gasteiger partial charge in [0.2, 0.25) is 0 Å². The fourth-order valence-electron chi connectivity index (χ4n) is 1.40. The van der Waals surface area contributed by atoms with E-state index in [2.05, 4.69) is 22.2 Å². The first kappa shape index (κ1) is 11.9. The molecule has 1 aromatic rings. The predicted octanol–water partition coefficient (Wildman–Crippen LogP) is 0.741. The zero-order valence-electron chi connectivity index (χ0n) is 9.66. The van der Waals surface area contributed by atoms with Crippen LogP contribution >= 0.6 is 0 Å². The van der Waals surface area contributed by atoms with Crippen molar-refractivity contribution in [2.75, 3.05) is 34.3 Å². The fraction of sp³-hybridized carbons (Fsp3) is 0.545. The molecule has 84 valence electrons. The normalized spacial score (nSPS) is 10.7. The summed E-state index contributed by atoms with van der Waals surface area (Å²) in [6, 6.07) is 1.99. The fourth-order valence-corrected chi connectivity index (χ4v) is 1.40. The molecule has 4 heteroatoms. The van der Waals surface area contributed by atoms with Crippen LogP contribution in [0.25, 0.3) is 0 Å². The molecular weight excluding hydrogens is 190 g/mol.